The molecule has 0 radical (unpaired) electrons. The lowest BCUT2D eigenvalue weighted by atomic mass is 10.3. The van der Waals surface area contributed by atoms with E-state index in [4.69, 9.17) is 0 Å². The molecule has 0 bridgehead atoms. The topological polar surface area (TPSA) is 35.0 Å². The minimum absolute atomic E-state index is 0.0812. The molecule has 0 aliphatic heterocycles. The molecule has 0 spiro atoms. The van der Waals surface area contributed by atoms with Crippen LogP contribution in [0, 0.1) is 0 Å². The van der Waals surface area contributed by atoms with Gasteiger partial charge in [-0.05, 0) is 28.1 Å². The highest BCUT2D eigenvalue weighted by atomic mass is 79.9. The first-order valence-electron chi connectivity index (χ1n) is 3.50. The monoisotopic (exact) mass is 242 g/mol. The van der Waals surface area contributed by atoms with Gasteiger partial charge in [-0.2, -0.15) is 4.98 Å². The van der Waals surface area contributed by atoms with Crippen LogP contribution in [-0.2, 0) is 0 Å². The lowest BCUT2D eigenvalue weighted by Gasteiger charge is -1.97. The SMILES string of the molecule is FOc1ccc2cc(Br)cnc2n1. The summed E-state index contributed by atoms with van der Waals surface area (Å²) in [7, 11) is 0. The summed E-state index contributed by atoms with van der Waals surface area (Å²) in [5, 5.41) is 0.829. The molecule has 0 saturated carbocycles. The van der Waals surface area contributed by atoms with Crippen molar-refractivity contribution in [2.45, 2.75) is 0 Å². The molecule has 2 rings (SSSR count). The van der Waals surface area contributed by atoms with E-state index in [-0.39, 0.29) is 5.88 Å². The highest BCUT2D eigenvalue weighted by Crippen LogP contribution is 2.18. The van der Waals surface area contributed by atoms with Crippen LogP contribution in [0.5, 0.6) is 5.88 Å². The molecule has 0 fully saturated rings. The number of pyridine rings is 2. The van der Waals surface area contributed by atoms with E-state index >= 15 is 0 Å². The van der Waals surface area contributed by atoms with Crippen molar-refractivity contribution in [3.05, 3.63) is 28.9 Å². The van der Waals surface area contributed by atoms with Crippen LogP contribution in [0.25, 0.3) is 11.0 Å². The molecule has 2 heterocycles. The van der Waals surface area contributed by atoms with Crippen molar-refractivity contribution in [3.8, 4) is 5.88 Å². The summed E-state index contributed by atoms with van der Waals surface area (Å²) in [5.41, 5.74) is 0.457. The molecule has 13 heavy (non-hydrogen) atoms. The average Bonchev–Trinajstić information content (AvgIpc) is 2.17. The van der Waals surface area contributed by atoms with Crippen LogP contribution in [0.1, 0.15) is 0 Å². The van der Waals surface area contributed by atoms with Crippen LogP contribution < -0.4 is 4.94 Å². The molecule has 66 valence electrons. The number of hydrogen-bond acceptors (Lipinski definition) is 3. The van der Waals surface area contributed by atoms with Crippen molar-refractivity contribution in [1.29, 1.82) is 0 Å². The van der Waals surface area contributed by atoms with Gasteiger partial charge in [0, 0.05) is 26.6 Å². The molecule has 0 aliphatic rings. The van der Waals surface area contributed by atoms with Crippen molar-refractivity contribution in [2.24, 2.45) is 0 Å². The Morgan fingerprint density at radius 2 is 2.23 bits per heavy atom. The number of halogens is 2. The van der Waals surface area contributed by atoms with E-state index in [2.05, 4.69) is 30.8 Å². The fraction of sp³-hybridized carbons (Fsp3) is 0. The van der Waals surface area contributed by atoms with Gasteiger partial charge in [-0.15, -0.1) is 0 Å². The van der Waals surface area contributed by atoms with Crippen molar-refractivity contribution in [2.75, 3.05) is 0 Å². The zero-order valence-electron chi connectivity index (χ0n) is 6.37. The summed E-state index contributed by atoms with van der Waals surface area (Å²) in [4.78, 5) is 11.3. The molecule has 2 aromatic heterocycles. The van der Waals surface area contributed by atoms with Crippen LogP contribution in [0.4, 0.5) is 4.53 Å². The third-order valence-electron chi connectivity index (χ3n) is 1.56. The largest absolute Gasteiger partial charge is 0.273 e. The fourth-order valence-electron chi connectivity index (χ4n) is 1.01. The maximum Gasteiger partial charge on any atom is 0.264 e. The third kappa shape index (κ3) is 1.60. The minimum atomic E-state index is -0.0812. The van der Waals surface area contributed by atoms with Crippen molar-refractivity contribution in [1.82, 2.24) is 9.97 Å². The van der Waals surface area contributed by atoms with E-state index in [0.717, 1.165) is 9.86 Å². The second kappa shape index (κ2) is 3.26. The van der Waals surface area contributed by atoms with Gasteiger partial charge >= 0.3 is 0 Å². The first kappa shape index (κ1) is 8.37. The van der Waals surface area contributed by atoms with Gasteiger partial charge in [-0.1, -0.05) is 0 Å². The fourth-order valence-corrected chi connectivity index (χ4v) is 1.36. The lowest BCUT2D eigenvalue weighted by molar-refractivity contribution is -0.0115. The Morgan fingerprint density at radius 1 is 1.38 bits per heavy atom. The van der Waals surface area contributed by atoms with Gasteiger partial charge in [-0.3, -0.25) is 4.94 Å². The van der Waals surface area contributed by atoms with E-state index in [1.165, 1.54) is 6.07 Å². The maximum absolute atomic E-state index is 11.7. The quantitative estimate of drug-likeness (QED) is 0.772. The molecule has 0 N–H and O–H groups in total. The Hall–Kier alpha value is -1.23. The zero-order valence-corrected chi connectivity index (χ0v) is 7.95. The molecule has 3 nitrogen and oxygen atoms in total. The summed E-state index contributed by atoms with van der Waals surface area (Å²) >= 11 is 3.27. The molecule has 5 heteroatoms. The molecule has 2 aromatic rings. The number of fused-ring (bicyclic) bond motifs is 1. The number of hydrogen-bond donors (Lipinski definition) is 0. The van der Waals surface area contributed by atoms with Crippen molar-refractivity contribution >= 4 is 27.0 Å². The maximum atomic E-state index is 11.7. The minimum Gasteiger partial charge on any atom is -0.273 e. The van der Waals surface area contributed by atoms with Crippen LogP contribution in [0.15, 0.2) is 28.9 Å². The summed E-state index contributed by atoms with van der Waals surface area (Å²) in [6.07, 6.45) is 1.59. The lowest BCUT2D eigenvalue weighted by Crippen LogP contribution is -1.86. The predicted octanol–water partition coefficient (Wildman–Crippen LogP) is 2.66. The van der Waals surface area contributed by atoms with E-state index in [1.54, 1.807) is 12.3 Å². The van der Waals surface area contributed by atoms with E-state index in [0.29, 0.717) is 5.65 Å². The first-order chi connectivity index (χ1) is 6.29. The average molecular weight is 243 g/mol. The molecule has 0 saturated heterocycles. The van der Waals surface area contributed by atoms with E-state index in [1.807, 2.05) is 6.07 Å². The highest BCUT2D eigenvalue weighted by molar-refractivity contribution is 9.10. The summed E-state index contributed by atoms with van der Waals surface area (Å²) in [5.74, 6) is -0.0812. The number of nitrogens with zero attached hydrogens (tertiary/aromatic N) is 2. The van der Waals surface area contributed by atoms with Crippen molar-refractivity contribution < 1.29 is 9.47 Å². The molecular weight excluding hydrogens is 239 g/mol. The second-order valence-corrected chi connectivity index (χ2v) is 3.34. The Morgan fingerprint density at radius 3 is 3.00 bits per heavy atom. The standard InChI is InChI=1S/C8H4BrFN2O/c9-6-3-5-1-2-7(13-10)12-8(5)11-4-6/h1-4H. The molecule has 0 amide bonds. The van der Waals surface area contributed by atoms with Gasteiger partial charge in [-0.25, -0.2) is 4.98 Å². The van der Waals surface area contributed by atoms with Gasteiger partial charge in [0.1, 0.15) is 0 Å². The van der Waals surface area contributed by atoms with E-state index in [9.17, 15) is 4.53 Å². The number of rotatable bonds is 1. The first-order valence-corrected chi connectivity index (χ1v) is 4.30. The van der Waals surface area contributed by atoms with Crippen LogP contribution in [-0.4, -0.2) is 9.97 Å². The second-order valence-electron chi connectivity index (χ2n) is 2.43. The predicted molar refractivity (Wildman–Crippen MR) is 49.0 cm³/mol. The van der Waals surface area contributed by atoms with Crippen LogP contribution in [0.3, 0.4) is 0 Å². The molecule has 0 unspecified atom stereocenters. The molecule has 0 atom stereocenters. The van der Waals surface area contributed by atoms with E-state index < -0.39 is 0 Å². The number of aromatic nitrogens is 2. The highest BCUT2D eigenvalue weighted by Gasteiger charge is 2.00. The Bertz CT molecular complexity index is 449. The van der Waals surface area contributed by atoms with Crippen LogP contribution in [0.2, 0.25) is 0 Å². The molecule has 0 aliphatic carbocycles. The normalized spacial score (nSPS) is 10.3. The Labute approximate surface area is 81.6 Å². The van der Waals surface area contributed by atoms with Gasteiger partial charge in [0.25, 0.3) is 5.88 Å². The summed E-state index contributed by atoms with van der Waals surface area (Å²) in [6.45, 7) is 0. The van der Waals surface area contributed by atoms with Gasteiger partial charge < -0.3 is 0 Å². The molecule has 0 aromatic carbocycles. The molecular formula is C8H4BrFN2O. The smallest absolute Gasteiger partial charge is 0.264 e. The van der Waals surface area contributed by atoms with Gasteiger partial charge in [0.2, 0.25) is 0 Å². The third-order valence-corrected chi connectivity index (χ3v) is 2.00. The Kier molecular flexibility index (Phi) is 2.10. The summed E-state index contributed by atoms with van der Waals surface area (Å²) < 4.78 is 12.6. The zero-order chi connectivity index (χ0) is 9.26. The van der Waals surface area contributed by atoms with Crippen molar-refractivity contribution in [3.63, 3.8) is 0 Å². The van der Waals surface area contributed by atoms with Gasteiger partial charge in [0.15, 0.2) is 5.65 Å². The Balaban J connectivity index is 2.66. The van der Waals surface area contributed by atoms with Gasteiger partial charge in [0.05, 0.1) is 0 Å². The van der Waals surface area contributed by atoms with Crippen LogP contribution >= 0.6 is 15.9 Å². The summed E-state index contributed by atoms with van der Waals surface area (Å²) in [6, 6.07) is 4.98.